The van der Waals surface area contributed by atoms with Crippen LogP contribution in [0.1, 0.15) is 30.9 Å². The molecule has 4 heteroatoms. The molecule has 0 bridgehead atoms. The van der Waals surface area contributed by atoms with Crippen molar-refractivity contribution in [2.45, 2.75) is 31.6 Å². The Kier molecular flexibility index (Phi) is 5.33. The molecule has 0 spiro atoms. The third-order valence-corrected chi connectivity index (χ3v) is 5.48. The van der Waals surface area contributed by atoms with Crippen LogP contribution < -0.4 is 10.6 Å². The van der Waals surface area contributed by atoms with E-state index in [9.17, 15) is 4.79 Å². The normalized spacial score (nSPS) is 19.0. The van der Waals surface area contributed by atoms with Gasteiger partial charge < -0.3 is 15.5 Å². The molecule has 1 heterocycles. The van der Waals surface area contributed by atoms with Crippen LogP contribution in [0.5, 0.6) is 0 Å². The van der Waals surface area contributed by atoms with E-state index >= 15 is 0 Å². The van der Waals surface area contributed by atoms with Crippen LogP contribution in [-0.4, -0.2) is 38.0 Å². The minimum Gasteiger partial charge on any atom is -0.369 e. The Bertz CT molecular complexity index is 786. The van der Waals surface area contributed by atoms with Gasteiger partial charge in [-0.05, 0) is 70.1 Å². The van der Waals surface area contributed by atoms with Crippen LogP contribution in [0.15, 0.2) is 48.5 Å². The molecule has 0 aliphatic carbocycles. The Labute approximate surface area is 156 Å². The van der Waals surface area contributed by atoms with Crippen LogP contribution in [0.2, 0.25) is 0 Å². The highest BCUT2D eigenvalue weighted by Crippen LogP contribution is 2.46. The lowest BCUT2D eigenvalue weighted by Gasteiger charge is -2.32. The Morgan fingerprint density at radius 1 is 1.12 bits per heavy atom. The van der Waals surface area contributed by atoms with Crippen molar-refractivity contribution in [1.29, 1.82) is 0 Å². The van der Waals surface area contributed by atoms with Crippen molar-refractivity contribution in [3.05, 3.63) is 59.7 Å². The van der Waals surface area contributed by atoms with E-state index in [0.717, 1.165) is 37.2 Å². The second-order valence-electron chi connectivity index (χ2n) is 7.42. The van der Waals surface area contributed by atoms with E-state index < -0.39 is 5.41 Å². The molecule has 0 aromatic heterocycles. The average molecular weight is 351 g/mol. The third kappa shape index (κ3) is 3.21. The van der Waals surface area contributed by atoms with Crippen LogP contribution in [0.25, 0.3) is 0 Å². The van der Waals surface area contributed by atoms with Gasteiger partial charge in [-0.15, -0.1) is 0 Å². The van der Waals surface area contributed by atoms with Crippen LogP contribution >= 0.6 is 0 Å². The number of nitrogens with two attached hydrogens (primary N) is 1. The molecule has 0 saturated heterocycles. The van der Waals surface area contributed by atoms with Crippen molar-refractivity contribution in [1.82, 2.24) is 4.90 Å². The van der Waals surface area contributed by atoms with Crippen molar-refractivity contribution in [2.24, 2.45) is 5.73 Å². The molecule has 0 saturated carbocycles. The van der Waals surface area contributed by atoms with Gasteiger partial charge in [-0.3, -0.25) is 4.79 Å². The van der Waals surface area contributed by atoms with E-state index in [-0.39, 0.29) is 5.91 Å². The van der Waals surface area contributed by atoms with Gasteiger partial charge in [-0.25, -0.2) is 0 Å². The largest absolute Gasteiger partial charge is 0.369 e. The van der Waals surface area contributed by atoms with Gasteiger partial charge in [-0.1, -0.05) is 36.4 Å². The smallest absolute Gasteiger partial charge is 0.228 e. The molecule has 1 atom stereocenters. The highest BCUT2D eigenvalue weighted by molar-refractivity contribution is 5.91. The average Bonchev–Trinajstić information content (AvgIpc) is 2.74. The van der Waals surface area contributed by atoms with Gasteiger partial charge in [0, 0.05) is 17.9 Å². The van der Waals surface area contributed by atoms with Crippen molar-refractivity contribution in [3.8, 4) is 0 Å². The molecule has 3 rings (SSSR count). The molecule has 4 nitrogen and oxygen atoms in total. The summed E-state index contributed by atoms with van der Waals surface area (Å²) in [6.07, 6.45) is 2.33. The molecule has 2 aromatic rings. The molecular weight excluding hydrogens is 322 g/mol. The van der Waals surface area contributed by atoms with Crippen molar-refractivity contribution >= 4 is 17.3 Å². The van der Waals surface area contributed by atoms with E-state index in [1.165, 1.54) is 11.3 Å². The Morgan fingerprint density at radius 2 is 1.77 bits per heavy atom. The molecule has 1 amide bonds. The zero-order valence-corrected chi connectivity index (χ0v) is 16.0. The summed E-state index contributed by atoms with van der Waals surface area (Å²) in [5.41, 5.74) is 9.93. The van der Waals surface area contributed by atoms with Crippen LogP contribution in [0, 0.1) is 0 Å². The molecule has 0 unspecified atom stereocenters. The highest BCUT2D eigenvalue weighted by Gasteiger charge is 2.43. The summed E-state index contributed by atoms with van der Waals surface area (Å²) in [7, 11) is 4.12. The molecule has 2 aromatic carbocycles. The van der Waals surface area contributed by atoms with Gasteiger partial charge in [0.1, 0.15) is 0 Å². The first-order chi connectivity index (χ1) is 12.5. The number of para-hydroxylation sites is 2. The van der Waals surface area contributed by atoms with Gasteiger partial charge in [0.2, 0.25) is 5.91 Å². The summed E-state index contributed by atoms with van der Waals surface area (Å²) in [4.78, 5) is 17.3. The summed E-state index contributed by atoms with van der Waals surface area (Å²) in [5.74, 6) is -0.225. The first-order valence-electron chi connectivity index (χ1n) is 9.39. The lowest BCUT2D eigenvalue weighted by atomic mass is 9.71. The lowest BCUT2D eigenvalue weighted by Crippen LogP contribution is -2.43. The molecule has 26 heavy (non-hydrogen) atoms. The Hall–Kier alpha value is -2.33. The predicted molar refractivity (Wildman–Crippen MR) is 108 cm³/mol. The third-order valence-electron chi connectivity index (χ3n) is 5.48. The second kappa shape index (κ2) is 7.50. The summed E-state index contributed by atoms with van der Waals surface area (Å²) in [5, 5.41) is 0. The molecule has 0 fully saturated rings. The maximum atomic E-state index is 12.9. The molecule has 138 valence electrons. The number of rotatable bonds is 6. The summed E-state index contributed by atoms with van der Waals surface area (Å²) in [6.45, 7) is 3.94. The van der Waals surface area contributed by atoms with Crippen molar-refractivity contribution in [2.75, 3.05) is 32.1 Å². The zero-order chi connectivity index (χ0) is 18.7. The number of fused-ring (bicyclic) bond motifs is 2. The summed E-state index contributed by atoms with van der Waals surface area (Å²) >= 11 is 0. The summed E-state index contributed by atoms with van der Waals surface area (Å²) < 4.78 is 0. The molecular formula is C22H29N3O. The SMILES string of the molecule is CCN1c2ccccc2C[C@@](CCCN(C)C)(C(N)=O)c2ccccc21. The standard InChI is InChI=1S/C22H29N3O/c1-4-25-19-12-7-5-10-17(19)16-22(21(23)26,14-9-15-24(2)3)18-11-6-8-13-20(18)25/h5-8,10-13H,4,9,14-16H2,1-3H3,(H2,23,26)/t22-/m1/s1. The van der Waals surface area contributed by atoms with Crippen molar-refractivity contribution < 1.29 is 4.79 Å². The maximum Gasteiger partial charge on any atom is 0.228 e. The minimum atomic E-state index is -0.674. The Morgan fingerprint density at radius 3 is 2.42 bits per heavy atom. The predicted octanol–water partition coefficient (Wildman–Crippen LogP) is 3.47. The van der Waals surface area contributed by atoms with E-state index in [1.807, 2.05) is 18.2 Å². The monoisotopic (exact) mass is 351 g/mol. The van der Waals surface area contributed by atoms with Crippen LogP contribution in [0.3, 0.4) is 0 Å². The number of carbonyl (C=O) groups is 1. The Balaban J connectivity index is 2.18. The highest BCUT2D eigenvalue weighted by atomic mass is 16.1. The second-order valence-corrected chi connectivity index (χ2v) is 7.42. The molecule has 0 radical (unpaired) electrons. The summed E-state index contributed by atoms with van der Waals surface area (Å²) in [6, 6.07) is 16.7. The fraction of sp³-hybridized carbons (Fsp3) is 0.409. The van der Waals surface area contributed by atoms with E-state index in [4.69, 9.17) is 5.73 Å². The van der Waals surface area contributed by atoms with Crippen molar-refractivity contribution in [3.63, 3.8) is 0 Å². The van der Waals surface area contributed by atoms with Crippen LogP contribution in [-0.2, 0) is 16.6 Å². The number of amides is 1. The van der Waals surface area contributed by atoms with Crippen LogP contribution in [0.4, 0.5) is 11.4 Å². The zero-order valence-electron chi connectivity index (χ0n) is 16.0. The molecule has 2 N–H and O–H groups in total. The quantitative estimate of drug-likeness (QED) is 0.867. The number of nitrogens with zero attached hydrogens (tertiary/aromatic N) is 2. The molecule has 1 aliphatic heterocycles. The number of hydrogen-bond donors (Lipinski definition) is 1. The fourth-order valence-electron chi connectivity index (χ4n) is 4.19. The number of benzene rings is 2. The van der Waals surface area contributed by atoms with E-state index in [0.29, 0.717) is 6.42 Å². The number of anilines is 2. The lowest BCUT2D eigenvalue weighted by molar-refractivity contribution is -0.123. The maximum absolute atomic E-state index is 12.9. The van der Waals surface area contributed by atoms with Gasteiger partial charge in [0.25, 0.3) is 0 Å². The topological polar surface area (TPSA) is 49.6 Å². The first-order valence-corrected chi connectivity index (χ1v) is 9.39. The van der Waals surface area contributed by atoms with E-state index in [2.05, 4.69) is 61.2 Å². The first kappa shape index (κ1) is 18.5. The van der Waals surface area contributed by atoms with E-state index in [1.54, 1.807) is 0 Å². The number of carbonyl (C=O) groups excluding carboxylic acids is 1. The van der Waals surface area contributed by atoms with Gasteiger partial charge in [-0.2, -0.15) is 0 Å². The number of hydrogen-bond acceptors (Lipinski definition) is 3. The molecule has 1 aliphatic rings. The number of primary amides is 1. The minimum absolute atomic E-state index is 0.225. The fourth-order valence-corrected chi connectivity index (χ4v) is 4.19. The van der Waals surface area contributed by atoms with Gasteiger partial charge >= 0.3 is 0 Å². The van der Waals surface area contributed by atoms with Gasteiger partial charge in [0.15, 0.2) is 0 Å². The van der Waals surface area contributed by atoms with Gasteiger partial charge in [0.05, 0.1) is 5.41 Å².